The third-order valence-electron chi connectivity index (χ3n) is 4.11. The van der Waals surface area contributed by atoms with Gasteiger partial charge in [0.1, 0.15) is 5.60 Å². The number of likely N-dealkylation sites (tertiary alicyclic amines) is 1. The van der Waals surface area contributed by atoms with E-state index in [4.69, 9.17) is 4.74 Å². The van der Waals surface area contributed by atoms with Crippen LogP contribution >= 0.6 is 0 Å². The van der Waals surface area contributed by atoms with Gasteiger partial charge in [-0.25, -0.2) is 9.59 Å². The monoisotopic (exact) mass is 289 g/mol. The highest BCUT2D eigenvalue weighted by Crippen LogP contribution is 2.29. The number of hydrogen-bond acceptors (Lipinski definition) is 3. The molecule has 2 fully saturated rings. The maximum absolute atomic E-state index is 12.1. The lowest BCUT2D eigenvalue weighted by Crippen LogP contribution is -2.51. The van der Waals surface area contributed by atoms with Gasteiger partial charge in [-0.1, -0.05) is 30.3 Å². The van der Waals surface area contributed by atoms with Crippen LogP contribution in [0.3, 0.4) is 0 Å². The Kier molecular flexibility index (Phi) is 3.68. The summed E-state index contributed by atoms with van der Waals surface area (Å²) in [5.41, 5.74) is 0.668. The van der Waals surface area contributed by atoms with Gasteiger partial charge in [0, 0.05) is 32.5 Å². The molecule has 1 aromatic carbocycles. The molecule has 1 spiro atoms. The third kappa shape index (κ3) is 3.09. The van der Waals surface area contributed by atoms with Gasteiger partial charge in [0.05, 0.1) is 6.54 Å². The molecule has 2 aliphatic rings. The average molecular weight is 289 g/mol. The molecule has 2 heterocycles. The van der Waals surface area contributed by atoms with E-state index >= 15 is 0 Å². The molecule has 3 rings (SSSR count). The summed E-state index contributed by atoms with van der Waals surface area (Å²) in [5.74, 6) is 0. The van der Waals surface area contributed by atoms with Gasteiger partial charge in [0.15, 0.2) is 0 Å². The highest BCUT2D eigenvalue weighted by Gasteiger charge is 2.43. The van der Waals surface area contributed by atoms with Crippen LogP contribution in [0.2, 0.25) is 0 Å². The highest BCUT2D eigenvalue weighted by molar-refractivity contribution is 5.74. The molecule has 21 heavy (non-hydrogen) atoms. The number of hydrogen-bond donors (Lipinski definition) is 2. The fourth-order valence-corrected chi connectivity index (χ4v) is 2.78. The van der Waals surface area contributed by atoms with Crippen LogP contribution in [0, 0.1) is 0 Å². The minimum atomic E-state index is -0.409. The number of carbonyl (C=O) groups is 2. The van der Waals surface area contributed by atoms with Crippen molar-refractivity contribution in [3.63, 3.8) is 0 Å². The quantitative estimate of drug-likeness (QED) is 0.866. The van der Waals surface area contributed by atoms with E-state index in [-0.39, 0.29) is 12.1 Å². The van der Waals surface area contributed by atoms with E-state index in [0.29, 0.717) is 39.0 Å². The number of alkyl carbamates (subject to hydrolysis) is 1. The third-order valence-corrected chi connectivity index (χ3v) is 4.11. The van der Waals surface area contributed by atoms with Crippen LogP contribution in [-0.4, -0.2) is 42.3 Å². The molecule has 0 radical (unpaired) electrons. The van der Waals surface area contributed by atoms with Crippen molar-refractivity contribution in [1.29, 1.82) is 0 Å². The summed E-state index contributed by atoms with van der Waals surface area (Å²) < 4.78 is 5.34. The fourth-order valence-electron chi connectivity index (χ4n) is 2.78. The van der Waals surface area contributed by atoms with Gasteiger partial charge in [-0.3, -0.25) is 0 Å². The predicted molar refractivity (Wildman–Crippen MR) is 76.7 cm³/mol. The molecule has 3 amide bonds. The predicted octanol–water partition coefficient (Wildman–Crippen LogP) is 1.47. The molecule has 2 saturated heterocycles. The molecule has 2 N–H and O–H groups in total. The van der Waals surface area contributed by atoms with Crippen molar-refractivity contribution in [2.75, 3.05) is 19.6 Å². The Morgan fingerprint density at radius 2 is 2.00 bits per heavy atom. The van der Waals surface area contributed by atoms with Crippen molar-refractivity contribution in [3.8, 4) is 0 Å². The Bertz CT molecular complexity index is 524. The van der Waals surface area contributed by atoms with Crippen molar-refractivity contribution >= 4 is 12.1 Å². The van der Waals surface area contributed by atoms with Crippen LogP contribution < -0.4 is 10.6 Å². The van der Waals surface area contributed by atoms with E-state index in [1.807, 2.05) is 30.3 Å². The molecule has 0 saturated carbocycles. The number of rotatable bonds is 2. The number of nitrogens with one attached hydrogen (secondary N) is 2. The van der Waals surface area contributed by atoms with E-state index in [9.17, 15) is 9.59 Å². The lowest BCUT2D eigenvalue weighted by molar-refractivity contribution is 0.00975. The maximum atomic E-state index is 12.1. The van der Waals surface area contributed by atoms with E-state index < -0.39 is 5.60 Å². The molecule has 1 aromatic rings. The molecule has 0 atom stereocenters. The molecule has 0 bridgehead atoms. The summed E-state index contributed by atoms with van der Waals surface area (Å²) in [6.07, 6.45) is 1.02. The SMILES string of the molecule is O=C1NCC2(CCN(C(=O)NCc3ccccc3)CC2)O1. The topological polar surface area (TPSA) is 70.7 Å². The van der Waals surface area contributed by atoms with Gasteiger partial charge in [-0.05, 0) is 5.56 Å². The van der Waals surface area contributed by atoms with Crippen LogP contribution in [0.4, 0.5) is 9.59 Å². The van der Waals surface area contributed by atoms with Gasteiger partial charge < -0.3 is 20.3 Å². The molecule has 112 valence electrons. The fraction of sp³-hybridized carbons (Fsp3) is 0.467. The van der Waals surface area contributed by atoms with Crippen molar-refractivity contribution in [2.45, 2.75) is 25.0 Å². The Hall–Kier alpha value is -2.24. The van der Waals surface area contributed by atoms with Gasteiger partial charge in [0.2, 0.25) is 0 Å². The second-order valence-corrected chi connectivity index (χ2v) is 5.56. The largest absolute Gasteiger partial charge is 0.441 e. The first-order valence-electron chi connectivity index (χ1n) is 7.20. The summed E-state index contributed by atoms with van der Waals surface area (Å²) in [4.78, 5) is 25.1. The minimum absolute atomic E-state index is 0.0639. The van der Waals surface area contributed by atoms with E-state index in [2.05, 4.69) is 10.6 Å². The molecule has 6 heteroatoms. The Morgan fingerprint density at radius 3 is 2.62 bits per heavy atom. The first kappa shape index (κ1) is 13.7. The summed E-state index contributed by atoms with van der Waals surface area (Å²) in [7, 11) is 0. The normalized spacial score (nSPS) is 20.0. The van der Waals surface area contributed by atoms with Crippen LogP contribution in [0.1, 0.15) is 18.4 Å². The first-order valence-corrected chi connectivity index (χ1v) is 7.20. The number of nitrogens with zero attached hydrogens (tertiary/aromatic N) is 1. The number of ether oxygens (including phenoxy) is 1. The number of urea groups is 1. The second kappa shape index (κ2) is 5.63. The van der Waals surface area contributed by atoms with Crippen LogP contribution in [0.25, 0.3) is 0 Å². The Morgan fingerprint density at radius 1 is 1.29 bits per heavy atom. The number of carbonyl (C=O) groups excluding carboxylic acids is 2. The van der Waals surface area contributed by atoms with Crippen LogP contribution in [0.5, 0.6) is 0 Å². The molecule has 0 aliphatic carbocycles. The number of piperidine rings is 1. The molecule has 0 unspecified atom stereocenters. The lowest BCUT2D eigenvalue weighted by Gasteiger charge is -2.37. The zero-order chi connectivity index (χ0) is 14.7. The lowest BCUT2D eigenvalue weighted by atomic mass is 9.92. The Balaban J connectivity index is 1.48. The average Bonchev–Trinajstić information content (AvgIpc) is 2.87. The van der Waals surface area contributed by atoms with Gasteiger partial charge in [0.25, 0.3) is 0 Å². The van der Waals surface area contributed by atoms with Gasteiger partial charge >= 0.3 is 12.1 Å². The summed E-state index contributed by atoms with van der Waals surface area (Å²) in [5, 5.41) is 5.61. The number of amides is 3. The van der Waals surface area contributed by atoms with Crippen molar-refractivity contribution in [3.05, 3.63) is 35.9 Å². The van der Waals surface area contributed by atoms with Crippen LogP contribution in [-0.2, 0) is 11.3 Å². The summed E-state index contributed by atoms with van der Waals surface area (Å²) in [6.45, 7) is 2.29. The highest BCUT2D eigenvalue weighted by atomic mass is 16.6. The maximum Gasteiger partial charge on any atom is 0.407 e. The smallest absolute Gasteiger partial charge is 0.407 e. The van der Waals surface area contributed by atoms with Crippen molar-refractivity contribution in [2.24, 2.45) is 0 Å². The Labute approximate surface area is 123 Å². The molecular formula is C15H19N3O3. The second-order valence-electron chi connectivity index (χ2n) is 5.56. The van der Waals surface area contributed by atoms with Gasteiger partial charge in [-0.2, -0.15) is 0 Å². The van der Waals surface area contributed by atoms with Crippen molar-refractivity contribution in [1.82, 2.24) is 15.5 Å². The zero-order valence-electron chi connectivity index (χ0n) is 11.8. The van der Waals surface area contributed by atoms with E-state index in [1.54, 1.807) is 4.90 Å². The summed E-state index contributed by atoms with van der Waals surface area (Å²) in [6, 6.07) is 9.75. The van der Waals surface area contributed by atoms with E-state index in [1.165, 1.54) is 0 Å². The van der Waals surface area contributed by atoms with Crippen molar-refractivity contribution < 1.29 is 14.3 Å². The minimum Gasteiger partial charge on any atom is -0.441 e. The molecule has 0 aromatic heterocycles. The molecule has 6 nitrogen and oxygen atoms in total. The standard InChI is InChI=1S/C15H19N3O3/c19-13(16-10-12-4-2-1-3-5-12)18-8-6-15(7-9-18)11-17-14(20)21-15/h1-5H,6-11H2,(H,16,19)(H,17,20). The van der Waals surface area contributed by atoms with Gasteiger partial charge in [-0.15, -0.1) is 0 Å². The molecular weight excluding hydrogens is 270 g/mol. The zero-order valence-corrected chi connectivity index (χ0v) is 11.8. The molecule has 2 aliphatic heterocycles. The first-order chi connectivity index (χ1) is 10.2. The van der Waals surface area contributed by atoms with E-state index in [0.717, 1.165) is 5.56 Å². The number of benzene rings is 1. The van der Waals surface area contributed by atoms with Crippen LogP contribution in [0.15, 0.2) is 30.3 Å². The summed E-state index contributed by atoms with van der Waals surface area (Å²) >= 11 is 0.